The summed E-state index contributed by atoms with van der Waals surface area (Å²) in [5.74, 6) is 1.37. The largest absolute Gasteiger partial charge is 0.416 e. The Labute approximate surface area is 212 Å². The number of carbonyl (C=O) groups is 1. The van der Waals surface area contributed by atoms with Gasteiger partial charge >= 0.3 is 6.18 Å². The number of amides is 1. The van der Waals surface area contributed by atoms with Crippen molar-refractivity contribution in [3.63, 3.8) is 0 Å². The van der Waals surface area contributed by atoms with E-state index in [1.165, 1.54) is 6.07 Å². The maximum Gasteiger partial charge on any atom is 0.416 e. The third-order valence-electron chi connectivity index (χ3n) is 7.89. The first kappa shape index (κ1) is 24.0. The van der Waals surface area contributed by atoms with Gasteiger partial charge in [-0.25, -0.2) is 0 Å². The van der Waals surface area contributed by atoms with Gasteiger partial charge in [0.1, 0.15) is 5.82 Å². The highest BCUT2D eigenvalue weighted by Gasteiger charge is 2.40. The Morgan fingerprint density at radius 1 is 1.03 bits per heavy atom. The monoisotopic (exact) mass is 513 g/mol. The van der Waals surface area contributed by atoms with Gasteiger partial charge in [-0.2, -0.15) is 23.3 Å². The number of aryl methyl sites for hydroxylation is 1. The highest BCUT2D eigenvalue weighted by molar-refractivity contribution is 5.95. The Balaban J connectivity index is 1.18. The van der Waals surface area contributed by atoms with Crippen LogP contribution >= 0.6 is 0 Å². The van der Waals surface area contributed by atoms with Crippen molar-refractivity contribution in [2.75, 3.05) is 31.1 Å². The summed E-state index contributed by atoms with van der Waals surface area (Å²) in [7, 11) is 0. The van der Waals surface area contributed by atoms with Crippen LogP contribution in [0.5, 0.6) is 0 Å². The van der Waals surface area contributed by atoms with E-state index in [4.69, 9.17) is 0 Å². The predicted octanol–water partition coefficient (Wildman–Crippen LogP) is 4.68. The van der Waals surface area contributed by atoms with Crippen molar-refractivity contribution in [2.45, 2.75) is 63.1 Å². The van der Waals surface area contributed by atoms with Gasteiger partial charge in [0.2, 0.25) is 5.95 Å². The first-order valence-electron chi connectivity index (χ1n) is 13.0. The number of benzene rings is 1. The van der Waals surface area contributed by atoms with Gasteiger partial charge < -0.3 is 9.80 Å². The fraction of sp³-hybridized carbons (Fsp3) is 0.538. The molecular formula is C26H30F3N7O. The van der Waals surface area contributed by atoms with E-state index in [1.807, 2.05) is 6.92 Å². The maximum atomic E-state index is 13.6. The average Bonchev–Trinajstić information content (AvgIpc) is 3.27. The standard InChI is InChI=1S/C26H30F3N7O/c1-16-31-25(33-32-16)34-12-9-19(10-13-34)36-23(17-6-7-17)21(14-30-36)24(37)35-11-8-18(15-35)20-4-2-3-5-22(20)26(27,28)29/h2-5,14,17-19H,6-13,15H2,1H3,(H,31,32,33)/t18-/m1/s1. The summed E-state index contributed by atoms with van der Waals surface area (Å²) in [5.41, 5.74) is 1.28. The number of alkyl halides is 3. The van der Waals surface area contributed by atoms with Gasteiger partial charge in [-0.15, -0.1) is 5.10 Å². The lowest BCUT2D eigenvalue weighted by Gasteiger charge is -2.32. The normalized spacial score (nSPS) is 21.1. The molecule has 3 aromatic rings. The molecular weight excluding hydrogens is 483 g/mol. The van der Waals surface area contributed by atoms with E-state index < -0.39 is 11.7 Å². The minimum absolute atomic E-state index is 0.117. The van der Waals surface area contributed by atoms with Crippen LogP contribution in [0.1, 0.15) is 83.0 Å². The van der Waals surface area contributed by atoms with Crippen molar-refractivity contribution >= 4 is 11.9 Å². The number of hydrogen-bond donors (Lipinski definition) is 1. The van der Waals surface area contributed by atoms with Gasteiger partial charge in [0.25, 0.3) is 5.91 Å². The Bertz CT molecular complexity index is 1290. The predicted molar refractivity (Wildman–Crippen MR) is 131 cm³/mol. The molecule has 6 rings (SSSR count). The number of likely N-dealkylation sites (tertiary alicyclic amines) is 1. The molecule has 3 aliphatic rings. The van der Waals surface area contributed by atoms with E-state index in [9.17, 15) is 18.0 Å². The zero-order valence-electron chi connectivity index (χ0n) is 20.7. The van der Waals surface area contributed by atoms with Gasteiger partial charge in [-0.3, -0.25) is 14.6 Å². The van der Waals surface area contributed by atoms with Crippen LogP contribution in [0.4, 0.5) is 19.1 Å². The number of halogens is 3. The summed E-state index contributed by atoms with van der Waals surface area (Å²) in [6.07, 6.45) is 1.61. The SMILES string of the molecule is Cc1nc(N2CCC(n3ncc(C(=O)N4CC[C@@H](c5ccccc5C(F)(F)F)C4)c3C3CC3)CC2)n[nH]1. The topological polar surface area (TPSA) is 82.9 Å². The van der Waals surface area contributed by atoms with Gasteiger partial charge in [0, 0.05) is 38.0 Å². The van der Waals surface area contributed by atoms with Gasteiger partial charge in [0.05, 0.1) is 29.1 Å². The van der Waals surface area contributed by atoms with Crippen molar-refractivity contribution in [3.8, 4) is 0 Å². The van der Waals surface area contributed by atoms with Crippen molar-refractivity contribution in [3.05, 3.63) is 58.7 Å². The van der Waals surface area contributed by atoms with Crippen molar-refractivity contribution in [2.24, 2.45) is 0 Å². The first-order chi connectivity index (χ1) is 17.8. The second kappa shape index (κ2) is 9.18. The van der Waals surface area contributed by atoms with Crippen LogP contribution in [0.2, 0.25) is 0 Å². The summed E-state index contributed by atoms with van der Waals surface area (Å²) < 4.78 is 42.8. The summed E-state index contributed by atoms with van der Waals surface area (Å²) >= 11 is 0. The quantitative estimate of drug-likeness (QED) is 0.536. The lowest BCUT2D eigenvalue weighted by atomic mass is 9.93. The molecule has 1 aliphatic carbocycles. The summed E-state index contributed by atoms with van der Waals surface area (Å²) in [5, 5.41) is 11.8. The molecule has 1 saturated carbocycles. The second-order valence-electron chi connectivity index (χ2n) is 10.4. The third kappa shape index (κ3) is 4.59. The molecule has 1 aromatic carbocycles. The van der Waals surface area contributed by atoms with E-state index in [2.05, 4.69) is 29.9 Å². The number of H-pyrrole nitrogens is 1. The lowest BCUT2D eigenvalue weighted by Crippen LogP contribution is -2.36. The van der Waals surface area contributed by atoms with E-state index in [0.29, 0.717) is 30.4 Å². The molecule has 1 N–H and O–H groups in total. The molecule has 0 bridgehead atoms. The molecule has 0 spiro atoms. The minimum Gasteiger partial charge on any atom is -0.339 e. The molecule has 4 heterocycles. The van der Waals surface area contributed by atoms with Crippen LogP contribution in [-0.2, 0) is 6.18 Å². The zero-order chi connectivity index (χ0) is 25.7. The number of carbonyl (C=O) groups excluding carboxylic acids is 1. The van der Waals surface area contributed by atoms with Gasteiger partial charge in [-0.05, 0) is 50.7 Å². The Morgan fingerprint density at radius 3 is 2.46 bits per heavy atom. The van der Waals surface area contributed by atoms with Crippen LogP contribution in [0.3, 0.4) is 0 Å². The Morgan fingerprint density at radius 2 is 1.78 bits per heavy atom. The molecule has 37 heavy (non-hydrogen) atoms. The second-order valence-corrected chi connectivity index (χ2v) is 10.4. The number of nitrogens with one attached hydrogen (secondary N) is 1. The molecule has 2 aromatic heterocycles. The fourth-order valence-electron chi connectivity index (χ4n) is 5.85. The molecule has 2 aliphatic heterocycles. The van der Waals surface area contributed by atoms with Crippen molar-refractivity contribution in [1.29, 1.82) is 0 Å². The zero-order valence-corrected chi connectivity index (χ0v) is 20.7. The number of aromatic nitrogens is 5. The summed E-state index contributed by atoms with van der Waals surface area (Å²) in [4.78, 5) is 21.9. The van der Waals surface area contributed by atoms with Gasteiger partial charge in [0.15, 0.2) is 0 Å². The lowest BCUT2D eigenvalue weighted by molar-refractivity contribution is -0.138. The van der Waals surface area contributed by atoms with E-state index in [1.54, 1.807) is 23.2 Å². The molecule has 1 amide bonds. The minimum atomic E-state index is -4.41. The highest BCUT2D eigenvalue weighted by Crippen LogP contribution is 2.44. The molecule has 2 saturated heterocycles. The molecule has 0 radical (unpaired) electrons. The van der Waals surface area contributed by atoms with Crippen LogP contribution < -0.4 is 4.90 Å². The van der Waals surface area contributed by atoms with Gasteiger partial charge in [-0.1, -0.05) is 18.2 Å². The molecule has 11 heteroatoms. The number of hydrogen-bond acceptors (Lipinski definition) is 5. The third-order valence-corrected chi connectivity index (χ3v) is 7.89. The first-order valence-corrected chi connectivity index (χ1v) is 13.0. The number of anilines is 1. The van der Waals surface area contributed by atoms with Crippen LogP contribution in [0, 0.1) is 6.92 Å². The van der Waals surface area contributed by atoms with Crippen LogP contribution in [0.25, 0.3) is 0 Å². The van der Waals surface area contributed by atoms with E-state index in [0.717, 1.165) is 56.4 Å². The Hall–Kier alpha value is -3.37. The molecule has 196 valence electrons. The average molecular weight is 514 g/mol. The van der Waals surface area contributed by atoms with E-state index in [-0.39, 0.29) is 30.0 Å². The fourth-order valence-corrected chi connectivity index (χ4v) is 5.85. The highest BCUT2D eigenvalue weighted by atomic mass is 19.4. The van der Waals surface area contributed by atoms with Crippen LogP contribution in [0.15, 0.2) is 30.5 Å². The van der Waals surface area contributed by atoms with E-state index >= 15 is 0 Å². The maximum absolute atomic E-state index is 13.6. The van der Waals surface area contributed by atoms with Crippen molar-refractivity contribution < 1.29 is 18.0 Å². The Kier molecular flexibility index (Phi) is 5.95. The van der Waals surface area contributed by atoms with Crippen LogP contribution in [-0.4, -0.2) is 61.9 Å². The molecule has 3 fully saturated rings. The number of nitrogens with zero attached hydrogens (tertiary/aromatic N) is 6. The molecule has 0 unspecified atom stereocenters. The van der Waals surface area contributed by atoms with Crippen molar-refractivity contribution in [1.82, 2.24) is 29.9 Å². The molecule has 8 nitrogen and oxygen atoms in total. The smallest absolute Gasteiger partial charge is 0.339 e. The summed E-state index contributed by atoms with van der Waals surface area (Å²) in [6, 6.07) is 5.92. The number of rotatable bonds is 5. The number of piperidine rings is 1. The number of aromatic amines is 1. The molecule has 1 atom stereocenters. The summed E-state index contributed by atoms with van der Waals surface area (Å²) in [6.45, 7) is 4.23.